The van der Waals surface area contributed by atoms with Crippen molar-refractivity contribution in [1.82, 2.24) is 9.55 Å². The highest BCUT2D eigenvalue weighted by molar-refractivity contribution is 5.31. The second-order valence-corrected chi connectivity index (χ2v) is 5.75. The summed E-state index contributed by atoms with van der Waals surface area (Å²) < 4.78 is 6.80. The third-order valence-corrected chi connectivity index (χ3v) is 3.96. The number of nitrogens with one attached hydrogen (secondary N) is 1. The van der Waals surface area contributed by atoms with Gasteiger partial charge in [0.25, 0.3) is 0 Å². The van der Waals surface area contributed by atoms with Crippen molar-refractivity contribution in [2.75, 3.05) is 25.0 Å². The van der Waals surface area contributed by atoms with Crippen molar-refractivity contribution >= 4 is 5.82 Å². The van der Waals surface area contributed by atoms with Crippen molar-refractivity contribution in [2.45, 2.75) is 50.5 Å². The van der Waals surface area contributed by atoms with Gasteiger partial charge in [0.15, 0.2) is 0 Å². The molecule has 0 aliphatic carbocycles. The van der Waals surface area contributed by atoms with Crippen LogP contribution in [0, 0.1) is 0 Å². The van der Waals surface area contributed by atoms with Crippen molar-refractivity contribution in [1.29, 1.82) is 0 Å². The molecule has 0 radical (unpaired) electrons. The van der Waals surface area contributed by atoms with E-state index in [1.54, 1.807) is 12.3 Å². The van der Waals surface area contributed by atoms with Crippen molar-refractivity contribution in [3.05, 3.63) is 22.7 Å². The number of hydrogen-bond donors (Lipinski definition) is 4. The number of nitrogens with two attached hydrogens (primary N) is 1. The number of nitrogens with zero attached hydrogens (tertiary/aromatic N) is 2. The van der Waals surface area contributed by atoms with E-state index >= 15 is 0 Å². The minimum absolute atomic E-state index is 0.265. The van der Waals surface area contributed by atoms with Crippen molar-refractivity contribution in [2.24, 2.45) is 5.73 Å². The van der Waals surface area contributed by atoms with Crippen LogP contribution in [0.4, 0.5) is 5.82 Å². The van der Waals surface area contributed by atoms with E-state index in [9.17, 15) is 9.90 Å². The number of aromatic nitrogens is 2. The highest BCUT2D eigenvalue weighted by Crippen LogP contribution is 2.27. The summed E-state index contributed by atoms with van der Waals surface area (Å²) in [6.07, 6.45) is 4.09. The Morgan fingerprint density at radius 3 is 2.83 bits per heavy atom. The molecule has 1 unspecified atom stereocenters. The number of unbranched alkanes of at least 4 members (excludes halogenated alkanes) is 3. The van der Waals surface area contributed by atoms with E-state index < -0.39 is 24.1 Å². The monoisotopic (exact) mass is 326 g/mol. The number of rotatable bonds is 9. The molecule has 8 heteroatoms. The zero-order valence-corrected chi connectivity index (χ0v) is 13.2. The van der Waals surface area contributed by atoms with Gasteiger partial charge >= 0.3 is 5.69 Å². The van der Waals surface area contributed by atoms with Gasteiger partial charge in [0.1, 0.15) is 18.1 Å². The lowest BCUT2D eigenvalue weighted by atomic mass is 10.2. The summed E-state index contributed by atoms with van der Waals surface area (Å²) in [5.41, 5.74) is 5.00. The topological polar surface area (TPSA) is 123 Å². The average molecular weight is 326 g/mol. The molecule has 1 aromatic heterocycles. The predicted molar refractivity (Wildman–Crippen MR) is 86.1 cm³/mol. The lowest BCUT2D eigenvalue weighted by molar-refractivity contribution is -0.0458. The van der Waals surface area contributed by atoms with Gasteiger partial charge in [-0.15, -0.1) is 0 Å². The van der Waals surface area contributed by atoms with Gasteiger partial charge < -0.3 is 26.0 Å². The predicted octanol–water partition coefficient (Wildman–Crippen LogP) is -0.185. The fraction of sp³-hybridized carbons (Fsp3) is 0.733. The molecule has 0 amide bonds. The van der Waals surface area contributed by atoms with Gasteiger partial charge in [0.2, 0.25) is 0 Å². The molecule has 0 saturated carbocycles. The summed E-state index contributed by atoms with van der Waals surface area (Å²) in [6, 6.07) is 1.71. The Hall–Kier alpha value is -1.48. The molecule has 3 atom stereocenters. The van der Waals surface area contributed by atoms with Crippen LogP contribution in [-0.2, 0) is 4.74 Å². The maximum atomic E-state index is 12.1. The molecule has 2 rings (SSSR count). The summed E-state index contributed by atoms with van der Waals surface area (Å²) in [5.74, 6) is 0.530. The van der Waals surface area contributed by atoms with Gasteiger partial charge in [0.05, 0.1) is 12.7 Å². The minimum Gasteiger partial charge on any atom is -0.394 e. The first-order valence-corrected chi connectivity index (χ1v) is 8.13. The fourth-order valence-corrected chi connectivity index (χ4v) is 2.62. The SMILES string of the molecule is NCCCCCCNc1ccn([C@H]2CC(O)[C@@H](CO)O2)c(=O)n1. The van der Waals surface area contributed by atoms with Crippen molar-refractivity contribution < 1.29 is 14.9 Å². The number of aliphatic hydroxyl groups excluding tert-OH is 2. The van der Waals surface area contributed by atoms with Gasteiger partial charge in [0, 0.05) is 19.2 Å². The molecule has 0 bridgehead atoms. The molecule has 1 aliphatic heterocycles. The molecule has 8 nitrogen and oxygen atoms in total. The van der Waals surface area contributed by atoms with Crippen LogP contribution in [0.3, 0.4) is 0 Å². The van der Waals surface area contributed by atoms with Gasteiger partial charge in [-0.05, 0) is 25.5 Å². The minimum atomic E-state index is -0.775. The van der Waals surface area contributed by atoms with Crippen LogP contribution < -0.4 is 16.7 Å². The smallest absolute Gasteiger partial charge is 0.351 e. The van der Waals surface area contributed by atoms with E-state index in [1.807, 2.05) is 0 Å². The van der Waals surface area contributed by atoms with Crippen LogP contribution in [0.1, 0.15) is 38.3 Å². The summed E-state index contributed by atoms with van der Waals surface area (Å²) in [6.45, 7) is 1.21. The molecule has 1 aliphatic rings. The summed E-state index contributed by atoms with van der Waals surface area (Å²) in [7, 11) is 0. The van der Waals surface area contributed by atoms with Crippen molar-refractivity contribution in [3.63, 3.8) is 0 Å². The quantitative estimate of drug-likeness (QED) is 0.464. The Bertz CT molecular complexity index is 536. The first-order chi connectivity index (χ1) is 11.2. The first kappa shape index (κ1) is 17.9. The van der Waals surface area contributed by atoms with Crippen LogP contribution in [0.2, 0.25) is 0 Å². The fourth-order valence-electron chi connectivity index (χ4n) is 2.62. The van der Waals surface area contributed by atoms with Crippen molar-refractivity contribution in [3.8, 4) is 0 Å². The molecule has 1 aromatic rings. The van der Waals surface area contributed by atoms with Gasteiger partial charge in [-0.2, -0.15) is 4.98 Å². The second kappa shape index (κ2) is 8.97. The Labute approximate surface area is 135 Å². The Kier molecular flexibility index (Phi) is 6.97. The molecule has 0 aromatic carbocycles. The Balaban J connectivity index is 1.85. The van der Waals surface area contributed by atoms with Crippen LogP contribution in [0.15, 0.2) is 17.1 Å². The molecule has 2 heterocycles. The highest BCUT2D eigenvalue weighted by atomic mass is 16.5. The number of ether oxygens (including phenoxy) is 1. The molecule has 23 heavy (non-hydrogen) atoms. The molecular weight excluding hydrogens is 300 g/mol. The first-order valence-electron chi connectivity index (χ1n) is 8.13. The van der Waals surface area contributed by atoms with E-state index in [1.165, 1.54) is 4.57 Å². The van der Waals surface area contributed by atoms with E-state index in [2.05, 4.69) is 10.3 Å². The highest BCUT2D eigenvalue weighted by Gasteiger charge is 2.34. The maximum absolute atomic E-state index is 12.1. The lowest BCUT2D eigenvalue weighted by Gasteiger charge is -2.14. The standard InChI is InChI=1S/C15H26N4O4/c16-6-3-1-2-4-7-17-13-5-8-19(15(22)18-13)14-9-11(21)12(10-20)23-14/h5,8,11-12,14,20-21H,1-4,6-7,9-10,16H2,(H,17,18,22)/t11?,12-,14-/m1/s1. The maximum Gasteiger partial charge on any atom is 0.351 e. The van der Waals surface area contributed by atoms with E-state index in [4.69, 9.17) is 15.6 Å². The number of aliphatic hydroxyl groups is 2. The van der Waals surface area contributed by atoms with E-state index in [0.29, 0.717) is 5.82 Å². The zero-order chi connectivity index (χ0) is 16.7. The van der Waals surface area contributed by atoms with Crippen LogP contribution in [0.5, 0.6) is 0 Å². The molecule has 130 valence electrons. The Morgan fingerprint density at radius 1 is 1.39 bits per heavy atom. The molecule has 1 fully saturated rings. The second-order valence-electron chi connectivity index (χ2n) is 5.75. The van der Waals surface area contributed by atoms with E-state index in [0.717, 1.165) is 38.8 Å². The molecular formula is C15H26N4O4. The van der Waals surface area contributed by atoms with Crippen LogP contribution in [-0.4, -0.2) is 51.7 Å². The normalized spacial score (nSPS) is 24.0. The Morgan fingerprint density at radius 2 is 2.17 bits per heavy atom. The third kappa shape index (κ3) is 5.00. The third-order valence-electron chi connectivity index (χ3n) is 3.96. The summed E-state index contributed by atoms with van der Waals surface area (Å²) >= 11 is 0. The van der Waals surface area contributed by atoms with Gasteiger partial charge in [-0.3, -0.25) is 4.57 Å². The van der Waals surface area contributed by atoms with Crippen LogP contribution >= 0.6 is 0 Å². The molecule has 5 N–H and O–H groups in total. The average Bonchev–Trinajstić information content (AvgIpc) is 2.91. The van der Waals surface area contributed by atoms with E-state index in [-0.39, 0.29) is 13.0 Å². The van der Waals surface area contributed by atoms with Gasteiger partial charge in [-0.25, -0.2) is 4.79 Å². The van der Waals surface area contributed by atoms with Crippen LogP contribution in [0.25, 0.3) is 0 Å². The zero-order valence-electron chi connectivity index (χ0n) is 13.2. The molecule has 0 spiro atoms. The number of hydrogen-bond acceptors (Lipinski definition) is 7. The summed E-state index contributed by atoms with van der Waals surface area (Å²) in [5, 5.41) is 21.9. The van der Waals surface area contributed by atoms with Gasteiger partial charge in [-0.1, -0.05) is 12.8 Å². The lowest BCUT2D eigenvalue weighted by Crippen LogP contribution is -2.28. The summed E-state index contributed by atoms with van der Waals surface area (Å²) in [4.78, 5) is 16.1. The molecule has 1 saturated heterocycles. The number of anilines is 1. The largest absolute Gasteiger partial charge is 0.394 e.